The summed E-state index contributed by atoms with van der Waals surface area (Å²) >= 11 is 3.37. The van der Waals surface area contributed by atoms with E-state index in [1.807, 2.05) is 4.57 Å². The van der Waals surface area contributed by atoms with Crippen molar-refractivity contribution in [3.05, 3.63) is 35.1 Å². The molecule has 2 heterocycles. The summed E-state index contributed by atoms with van der Waals surface area (Å²) in [6.45, 7) is 1.77. The van der Waals surface area contributed by atoms with E-state index in [4.69, 9.17) is 24.3 Å². The van der Waals surface area contributed by atoms with E-state index in [1.165, 1.54) is 7.11 Å². The maximum atomic E-state index is 13.8. The van der Waals surface area contributed by atoms with Gasteiger partial charge in [-0.05, 0) is 69.2 Å². The van der Waals surface area contributed by atoms with Crippen LogP contribution < -0.4 is 20.1 Å². The Balaban J connectivity index is 1.23. The molecule has 5 rings (SSSR count). The lowest BCUT2D eigenvalue weighted by Gasteiger charge is -2.36. The molecule has 3 N–H and O–H groups in total. The number of ether oxygens (including phenoxy) is 2. The highest BCUT2D eigenvalue weighted by molar-refractivity contribution is 9.10. The largest absolute Gasteiger partial charge is 0.479 e. The van der Waals surface area contributed by atoms with Crippen LogP contribution in [-0.2, 0) is 18.6 Å². The van der Waals surface area contributed by atoms with E-state index >= 15 is 0 Å². The highest BCUT2D eigenvalue weighted by Gasteiger charge is 2.38. The SMILES string of the molecule is COc1nc(N)nc2c1ncn2C1CC(COP(=O)(N[C@@H](C)C(=O)OC2CCC2)Oc2ccc(Br)cc2)C1. The number of benzene rings is 1. The number of fused-ring (bicyclic) bond motifs is 1. The second-order valence-corrected chi connectivity index (χ2v) is 12.2. The molecule has 2 aromatic heterocycles. The highest BCUT2D eigenvalue weighted by atomic mass is 79.9. The predicted octanol–water partition coefficient (Wildman–Crippen LogP) is 4.41. The van der Waals surface area contributed by atoms with Crippen molar-refractivity contribution < 1.29 is 27.9 Å². The number of halogens is 1. The molecule has 0 bridgehead atoms. The summed E-state index contributed by atoms with van der Waals surface area (Å²) in [5.74, 6) is 0.417. The minimum Gasteiger partial charge on any atom is -0.479 e. The minimum atomic E-state index is -3.91. The van der Waals surface area contributed by atoms with Crippen LogP contribution in [0, 0.1) is 5.92 Å². The number of hydrogen-bond acceptors (Lipinski definition) is 10. The third kappa shape index (κ3) is 5.96. The summed E-state index contributed by atoms with van der Waals surface area (Å²) in [4.78, 5) is 25.3. The highest BCUT2D eigenvalue weighted by Crippen LogP contribution is 2.48. The van der Waals surface area contributed by atoms with Crippen molar-refractivity contribution in [2.24, 2.45) is 5.92 Å². The topological polar surface area (TPSA) is 153 Å². The Kier molecular flexibility index (Phi) is 7.90. The quantitative estimate of drug-likeness (QED) is 0.235. The van der Waals surface area contributed by atoms with Gasteiger partial charge in [-0.15, -0.1) is 0 Å². The van der Waals surface area contributed by atoms with Crippen LogP contribution in [-0.4, -0.2) is 51.4 Å². The van der Waals surface area contributed by atoms with Gasteiger partial charge in [-0.1, -0.05) is 15.9 Å². The summed E-state index contributed by atoms with van der Waals surface area (Å²) in [5.41, 5.74) is 6.97. The first-order valence-electron chi connectivity index (χ1n) is 12.4. The number of esters is 1. The molecule has 0 amide bonds. The van der Waals surface area contributed by atoms with Crippen LogP contribution in [0.3, 0.4) is 0 Å². The molecule has 0 spiro atoms. The Hall–Kier alpha value is -2.73. The van der Waals surface area contributed by atoms with Crippen molar-refractivity contribution in [2.75, 3.05) is 19.5 Å². The molecule has 12 nitrogen and oxygen atoms in total. The molecule has 14 heteroatoms. The van der Waals surface area contributed by atoms with E-state index in [0.717, 1.165) is 36.6 Å². The van der Waals surface area contributed by atoms with Crippen molar-refractivity contribution in [2.45, 2.75) is 57.2 Å². The van der Waals surface area contributed by atoms with Crippen LogP contribution in [0.1, 0.15) is 45.1 Å². The van der Waals surface area contributed by atoms with Gasteiger partial charge in [0, 0.05) is 10.5 Å². The molecule has 38 heavy (non-hydrogen) atoms. The number of nitrogen functional groups attached to an aromatic ring is 1. The van der Waals surface area contributed by atoms with E-state index in [0.29, 0.717) is 22.8 Å². The molecular formula is C24H30BrN6O6P. The Morgan fingerprint density at radius 3 is 2.66 bits per heavy atom. The second-order valence-electron chi connectivity index (χ2n) is 9.59. The maximum absolute atomic E-state index is 13.8. The van der Waals surface area contributed by atoms with Crippen LogP contribution in [0.4, 0.5) is 5.95 Å². The Labute approximate surface area is 228 Å². The zero-order valence-electron chi connectivity index (χ0n) is 21.1. The number of rotatable bonds is 11. The Morgan fingerprint density at radius 1 is 1.26 bits per heavy atom. The molecule has 2 aliphatic carbocycles. The average molecular weight is 609 g/mol. The van der Waals surface area contributed by atoms with Crippen molar-refractivity contribution in [3.63, 3.8) is 0 Å². The summed E-state index contributed by atoms with van der Waals surface area (Å²) < 4.78 is 38.9. The zero-order chi connectivity index (χ0) is 26.9. The average Bonchev–Trinajstić information content (AvgIpc) is 3.24. The lowest BCUT2D eigenvalue weighted by molar-refractivity contribution is -0.154. The summed E-state index contributed by atoms with van der Waals surface area (Å²) in [5, 5.41) is 2.76. The molecule has 1 unspecified atom stereocenters. The van der Waals surface area contributed by atoms with Crippen LogP contribution in [0.2, 0.25) is 0 Å². The molecule has 2 aliphatic rings. The van der Waals surface area contributed by atoms with Crippen LogP contribution >= 0.6 is 23.7 Å². The lowest BCUT2D eigenvalue weighted by Crippen LogP contribution is -2.39. The predicted molar refractivity (Wildman–Crippen MR) is 143 cm³/mol. The number of aromatic nitrogens is 4. The first-order valence-corrected chi connectivity index (χ1v) is 14.8. The number of nitrogens with zero attached hydrogens (tertiary/aromatic N) is 4. The van der Waals surface area contributed by atoms with Crippen molar-refractivity contribution in [3.8, 4) is 11.6 Å². The van der Waals surface area contributed by atoms with Gasteiger partial charge in [-0.2, -0.15) is 15.1 Å². The summed E-state index contributed by atoms with van der Waals surface area (Å²) in [6, 6.07) is 6.12. The molecule has 0 saturated heterocycles. The number of anilines is 1. The third-order valence-corrected chi connectivity index (χ3v) is 8.94. The van der Waals surface area contributed by atoms with Gasteiger partial charge in [0.2, 0.25) is 11.8 Å². The van der Waals surface area contributed by atoms with E-state index < -0.39 is 19.8 Å². The number of carbonyl (C=O) groups excluding carboxylic acids is 1. The van der Waals surface area contributed by atoms with Gasteiger partial charge in [-0.25, -0.2) is 9.55 Å². The van der Waals surface area contributed by atoms with Crippen LogP contribution in [0.5, 0.6) is 11.6 Å². The van der Waals surface area contributed by atoms with E-state index in [2.05, 4.69) is 36.0 Å². The van der Waals surface area contributed by atoms with Gasteiger partial charge in [0.05, 0.1) is 20.0 Å². The molecule has 3 aromatic rings. The lowest BCUT2D eigenvalue weighted by atomic mass is 9.81. The van der Waals surface area contributed by atoms with E-state index in [9.17, 15) is 9.36 Å². The van der Waals surface area contributed by atoms with Crippen molar-refractivity contribution in [1.29, 1.82) is 0 Å². The molecule has 1 aromatic carbocycles. The molecule has 2 atom stereocenters. The number of carbonyl (C=O) groups is 1. The Morgan fingerprint density at radius 2 is 2.00 bits per heavy atom. The van der Waals surface area contributed by atoms with Gasteiger partial charge >= 0.3 is 13.7 Å². The van der Waals surface area contributed by atoms with E-state index in [-0.39, 0.29) is 30.6 Å². The molecule has 0 aliphatic heterocycles. The molecule has 204 valence electrons. The standard InChI is InChI=1S/C24H30BrN6O6P/c1-14(23(32)36-18-4-3-5-18)30-38(33,37-19-8-6-16(25)7-9-19)35-12-15-10-17(11-15)31-13-27-20-21(31)28-24(26)29-22(20)34-2/h6-9,13-15,17-18H,3-5,10-12H2,1-2H3,(H,30,33)(H2,26,28,29)/t14-,15?,17?,38?/m0/s1. The normalized spacial score (nSPS) is 21.7. The van der Waals surface area contributed by atoms with Gasteiger partial charge in [-0.3, -0.25) is 9.32 Å². The van der Waals surface area contributed by atoms with Crippen molar-refractivity contribution >= 4 is 46.8 Å². The fourth-order valence-electron chi connectivity index (χ4n) is 4.35. The minimum absolute atomic E-state index is 0.0776. The monoisotopic (exact) mass is 608 g/mol. The summed E-state index contributed by atoms with van der Waals surface area (Å²) in [7, 11) is -2.40. The van der Waals surface area contributed by atoms with Crippen molar-refractivity contribution in [1.82, 2.24) is 24.6 Å². The number of methoxy groups -OCH3 is 1. The maximum Gasteiger partial charge on any atom is 0.459 e. The van der Waals surface area contributed by atoms with Gasteiger partial charge in [0.1, 0.15) is 17.9 Å². The van der Waals surface area contributed by atoms with Gasteiger partial charge in [0.25, 0.3) is 0 Å². The number of hydrogen-bond donors (Lipinski definition) is 2. The molecule has 2 fully saturated rings. The fourth-order valence-corrected chi connectivity index (χ4v) is 6.18. The van der Waals surface area contributed by atoms with Gasteiger partial charge in [0.15, 0.2) is 11.2 Å². The van der Waals surface area contributed by atoms with E-state index in [1.54, 1.807) is 37.5 Å². The fraction of sp³-hybridized carbons (Fsp3) is 0.500. The molecular weight excluding hydrogens is 579 g/mol. The first kappa shape index (κ1) is 26.9. The van der Waals surface area contributed by atoms with Crippen LogP contribution in [0.25, 0.3) is 11.2 Å². The number of nitrogens with one attached hydrogen (secondary N) is 1. The smallest absolute Gasteiger partial charge is 0.459 e. The number of imidazole rings is 1. The van der Waals surface area contributed by atoms with Gasteiger partial charge < -0.3 is 24.3 Å². The second kappa shape index (κ2) is 11.2. The van der Waals surface area contributed by atoms with Crippen LogP contribution in [0.15, 0.2) is 35.1 Å². The summed E-state index contributed by atoms with van der Waals surface area (Å²) in [6.07, 6.45) is 5.85. The molecule has 0 radical (unpaired) electrons. The third-order valence-electron chi connectivity index (χ3n) is 6.76. The zero-order valence-corrected chi connectivity index (χ0v) is 23.6. The number of nitrogens with two attached hydrogens (primary N) is 1. The Bertz CT molecular complexity index is 1340. The first-order chi connectivity index (χ1) is 18.2. The molecule has 2 saturated carbocycles.